The number of rotatable bonds is 7. The molecule has 5 rings (SSSR count). The second-order valence-electron chi connectivity index (χ2n) is 8.39. The molecule has 2 unspecified atom stereocenters. The highest BCUT2D eigenvalue weighted by Gasteiger charge is 2.40. The second-order valence-corrected chi connectivity index (χ2v) is 9.45. The minimum Gasteiger partial charge on any atom is -0.367 e. The van der Waals surface area contributed by atoms with E-state index in [4.69, 9.17) is 5.26 Å². The van der Waals surface area contributed by atoms with Gasteiger partial charge in [-0.2, -0.15) is 5.26 Å². The first-order chi connectivity index (χ1) is 15.7. The quantitative estimate of drug-likeness (QED) is 0.404. The Balaban J connectivity index is 1.11. The van der Waals surface area contributed by atoms with Crippen LogP contribution in [0, 0.1) is 17.2 Å². The number of hydrogen-bond acceptors (Lipinski definition) is 8. The van der Waals surface area contributed by atoms with Crippen LogP contribution in [0.2, 0.25) is 0 Å². The summed E-state index contributed by atoms with van der Waals surface area (Å²) in [7, 11) is 1.98. The number of anilines is 1. The average molecular weight is 447 g/mol. The molecule has 0 aliphatic carbocycles. The van der Waals surface area contributed by atoms with Gasteiger partial charge >= 0.3 is 0 Å². The lowest BCUT2D eigenvalue weighted by Crippen LogP contribution is -2.35. The average Bonchev–Trinajstić information content (AvgIpc) is 3.52. The molecule has 0 spiro atoms. The number of likely N-dealkylation sites (tertiary alicyclic amines) is 1. The molecule has 2 aliphatic heterocycles. The Morgan fingerprint density at radius 2 is 2.03 bits per heavy atom. The van der Waals surface area contributed by atoms with Crippen molar-refractivity contribution < 1.29 is 0 Å². The van der Waals surface area contributed by atoms with E-state index in [1.165, 1.54) is 18.7 Å². The molecular weight excluding hydrogens is 420 g/mol. The maximum absolute atomic E-state index is 9.04. The zero-order valence-electron chi connectivity index (χ0n) is 18.1. The van der Waals surface area contributed by atoms with E-state index >= 15 is 0 Å². The van der Waals surface area contributed by atoms with Crippen molar-refractivity contribution in [2.75, 3.05) is 36.8 Å². The topological polar surface area (TPSA) is 86.8 Å². The summed E-state index contributed by atoms with van der Waals surface area (Å²) in [4.78, 5) is 13.6. The van der Waals surface area contributed by atoms with Gasteiger partial charge in [0.05, 0.1) is 17.8 Å². The predicted molar refractivity (Wildman–Crippen MR) is 124 cm³/mol. The first-order valence-corrected chi connectivity index (χ1v) is 12.0. The highest BCUT2D eigenvalue weighted by atomic mass is 32.2. The fourth-order valence-electron chi connectivity index (χ4n) is 4.81. The van der Waals surface area contributed by atoms with Crippen molar-refractivity contribution in [3.8, 4) is 17.6 Å². The first kappa shape index (κ1) is 20.9. The Bertz CT molecular complexity index is 1090. The van der Waals surface area contributed by atoms with Crippen LogP contribution < -0.4 is 4.90 Å². The number of thioether (sulfide) groups is 1. The third kappa shape index (κ3) is 4.20. The van der Waals surface area contributed by atoms with Gasteiger partial charge in [0.15, 0.2) is 11.0 Å². The van der Waals surface area contributed by atoms with E-state index in [0.717, 1.165) is 60.0 Å². The molecule has 0 bridgehead atoms. The zero-order valence-corrected chi connectivity index (χ0v) is 18.9. The molecule has 0 saturated carbocycles. The van der Waals surface area contributed by atoms with Crippen LogP contribution in [-0.4, -0.2) is 67.6 Å². The van der Waals surface area contributed by atoms with Crippen LogP contribution in [-0.2, 0) is 7.05 Å². The van der Waals surface area contributed by atoms with Crippen LogP contribution in [0.15, 0.2) is 48.0 Å². The summed E-state index contributed by atoms with van der Waals surface area (Å²) in [5.41, 5.74) is 2.71. The molecule has 2 fully saturated rings. The molecule has 0 amide bonds. The van der Waals surface area contributed by atoms with Gasteiger partial charge in [-0.25, -0.2) is 4.98 Å². The summed E-state index contributed by atoms with van der Waals surface area (Å²) in [6.45, 7) is 4.53. The monoisotopic (exact) mass is 446 g/mol. The predicted octanol–water partition coefficient (Wildman–Crippen LogP) is 2.84. The lowest BCUT2D eigenvalue weighted by atomic mass is 10.0. The molecular formula is C23H26N8S. The van der Waals surface area contributed by atoms with Gasteiger partial charge < -0.3 is 14.4 Å². The third-order valence-corrected chi connectivity index (χ3v) is 7.53. The lowest BCUT2D eigenvalue weighted by Gasteiger charge is -2.27. The highest BCUT2D eigenvalue weighted by molar-refractivity contribution is 7.99. The molecule has 2 atom stereocenters. The lowest BCUT2D eigenvalue weighted by molar-refractivity contribution is 0.319. The number of nitrogens with zero attached hydrogens (tertiary/aromatic N) is 8. The van der Waals surface area contributed by atoms with Crippen molar-refractivity contribution in [1.29, 1.82) is 5.26 Å². The van der Waals surface area contributed by atoms with Gasteiger partial charge in [-0.05, 0) is 49.6 Å². The standard InChI is InChI=1S/C23H26N8S/c1-29-22(20-14-25-8-9-26-20)27-28-23(29)32-12-2-10-30-15-18-7-11-31(21(18)16-30)19-5-3-17(13-24)4-6-19/h3-6,8-9,14,18,21H,2,7,10-12,15-16H2,1H3. The summed E-state index contributed by atoms with van der Waals surface area (Å²) >= 11 is 1.75. The van der Waals surface area contributed by atoms with E-state index in [0.29, 0.717) is 6.04 Å². The molecule has 2 aromatic heterocycles. The van der Waals surface area contributed by atoms with E-state index < -0.39 is 0 Å². The number of nitriles is 1. The Kier molecular flexibility index (Phi) is 6.06. The molecule has 164 valence electrons. The molecule has 9 heteroatoms. The van der Waals surface area contributed by atoms with Crippen LogP contribution in [0.3, 0.4) is 0 Å². The minimum absolute atomic E-state index is 0.587. The Hall–Kier alpha value is -2.96. The van der Waals surface area contributed by atoms with E-state index in [1.54, 1.807) is 30.4 Å². The highest BCUT2D eigenvalue weighted by Crippen LogP contribution is 2.35. The van der Waals surface area contributed by atoms with Crippen molar-refractivity contribution in [3.63, 3.8) is 0 Å². The van der Waals surface area contributed by atoms with Gasteiger partial charge in [0.1, 0.15) is 5.69 Å². The normalized spacial score (nSPS) is 20.4. The first-order valence-electron chi connectivity index (χ1n) is 11.0. The maximum atomic E-state index is 9.04. The van der Waals surface area contributed by atoms with Crippen LogP contribution in [0.25, 0.3) is 11.5 Å². The Labute approximate surface area is 192 Å². The molecule has 2 aliphatic rings. The largest absolute Gasteiger partial charge is 0.367 e. The third-order valence-electron chi connectivity index (χ3n) is 6.43. The van der Waals surface area contributed by atoms with Gasteiger partial charge in [-0.15, -0.1) is 10.2 Å². The van der Waals surface area contributed by atoms with Gasteiger partial charge in [0, 0.05) is 56.6 Å². The molecule has 0 radical (unpaired) electrons. The van der Waals surface area contributed by atoms with Gasteiger partial charge in [0.25, 0.3) is 0 Å². The van der Waals surface area contributed by atoms with Crippen molar-refractivity contribution in [2.45, 2.75) is 24.0 Å². The smallest absolute Gasteiger partial charge is 0.191 e. The molecule has 2 saturated heterocycles. The molecule has 1 aromatic carbocycles. The van der Waals surface area contributed by atoms with Crippen molar-refractivity contribution in [1.82, 2.24) is 29.6 Å². The van der Waals surface area contributed by atoms with Crippen molar-refractivity contribution >= 4 is 17.4 Å². The summed E-state index contributed by atoms with van der Waals surface area (Å²) < 4.78 is 1.99. The molecule has 8 nitrogen and oxygen atoms in total. The van der Waals surface area contributed by atoms with Gasteiger partial charge in [0.2, 0.25) is 0 Å². The number of aromatic nitrogens is 5. The molecule has 3 aromatic rings. The Morgan fingerprint density at radius 3 is 2.81 bits per heavy atom. The number of benzene rings is 1. The maximum Gasteiger partial charge on any atom is 0.191 e. The van der Waals surface area contributed by atoms with Gasteiger partial charge in [-0.1, -0.05) is 11.8 Å². The molecule has 32 heavy (non-hydrogen) atoms. The van der Waals surface area contributed by atoms with Crippen molar-refractivity contribution in [2.24, 2.45) is 13.0 Å². The zero-order chi connectivity index (χ0) is 21.9. The summed E-state index contributed by atoms with van der Waals surface area (Å²) in [6.07, 6.45) is 7.41. The van der Waals surface area contributed by atoms with E-state index in [2.05, 4.69) is 48.2 Å². The summed E-state index contributed by atoms with van der Waals surface area (Å²) in [5.74, 6) is 2.50. The van der Waals surface area contributed by atoms with Crippen LogP contribution >= 0.6 is 11.8 Å². The van der Waals surface area contributed by atoms with E-state index in [1.807, 2.05) is 23.7 Å². The molecule has 0 N–H and O–H groups in total. The fraction of sp³-hybridized carbons (Fsp3) is 0.435. The van der Waals surface area contributed by atoms with Gasteiger partial charge in [-0.3, -0.25) is 4.98 Å². The summed E-state index contributed by atoms with van der Waals surface area (Å²) in [6, 6.07) is 10.8. The van der Waals surface area contributed by atoms with Crippen molar-refractivity contribution in [3.05, 3.63) is 48.4 Å². The van der Waals surface area contributed by atoms with E-state index in [9.17, 15) is 0 Å². The second kappa shape index (κ2) is 9.27. The van der Waals surface area contributed by atoms with Crippen LogP contribution in [0.5, 0.6) is 0 Å². The fourth-order valence-corrected chi connectivity index (χ4v) is 5.64. The molecule has 4 heterocycles. The SMILES string of the molecule is Cn1c(SCCCN2CC3CCN(c4ccc(C#N)cc4)C3C2)nnc1-c1cnccn1. The van der Waals surface area contributed by atoms with E-state index in [-0.39, 0.29) is 0 Å². The minimum atomic E-state index is 0.587. The Morgan fingerprint density at radius 1 is 1.16 bits per heavy atom. The summed E-state index contributed by atoms with van der Waals surface area (Å²) in [5, 5.41) is 18.6. The number of hydrogen-bond donors (Lipinski definition) is 0. The van der Waals surface area contributed by atoms with Crippen LogP contribution in [0.4, 0.5) is 5.69 Å². The number of fused-ring (bicyclic) bond motifs is 1. The van der Waals surface area contributed by atoms with Crippen LogP contribution in [0.1, 0.15) is 18.4 Å².